The zero-order valence-corrected chi connectivity index (χ0v) is 10.7. The molecule has 2 aromatic rings. The first kappa shape index (κ1) is 12.5. The number of rotatable bonds is 3. The largest absolute Gasteiger partial charge is 0.507 e. The normalized spacial score (nSPS) is 10.6. The number of carboxylic acid groups (broad SMARTS) is 1. The molecule has 0 aliphatic rings. The lowest BCUT2D eigenvalue weighted by Gasteiger charge is -2.05. The van der Waals surface area contributed by atoms with Gasteiger partial charge in [0.15, 0.2) is 5.69 Å². The second-order valence-electron chi connectivity index (χ2n) is 3.73. The number of aromatic nitrogens is 2. The van der Waals surface area contributed by atoms with Crippen LogP contribution in [0.1, 0.15) is 10.5 Å². The van der Waals surface area contributed by atoms with Gasteiger partial charge in [-0.1, -0.05) is 6.07 Å². The van der Waals surface area contributed by atoms with Gasteiger partial charge in [0, 0.05) is 17.5 Å². The molecule has 0 radical (unpaired) electrons. The van der Waals surface area contributed by atoms with Crippen molar-refractivity contribution in [3.8, 4) is 17.0 Å². The van der Waals surface area contributed by atoms with Gasteiger partial charge in [-0.2, -0.15) is 5.10 Å². The van der Waals surface area contributed by atoms with Crippen LogP contribution in [0.3, 0.4) is 0 Å². The fourth-order valence-electron chi connectivity index (χ4n) is 1.69. The van der Waals surface area contributed by atoms with E-state index in [9.17, 15) is 9.90 Å². The van der Waals surface area contributed by atoms with E-state index >= 15 is 0 Å². The standard InChI is InChI=1S/C12H12N2O3S/c1-14-9(6-8(13-14)12(16)17)7-3-4-11(18-2)10(15)5-7/h3-6,15H,1-2H3,(H,16,17). The predicted octanol–water partition coefficient (Wildman–Crippen LogP) is 2.21. The topological polar surface area (TPSA) is 75.3 Å². The van der Waals surface area contributed by atoms with Crippen molar-refractivity contribution in [1.82, 2.24) is 9.78 Å². The number of thioether (sulfide) groups is 1. The molecule has 0 atom stereocenters. The van der Waals surface area contributed by atoms with E-state index in [0.717, 1.165) is 10.5 Å². The van der Waals surface area contributed by atoms with E-state index in [1.807, 2.05) is 12.3 Å². The number of hydrogen-bond acceptors (Lipinski definition) is 4. The molecule has 18 heavy (non-hydrogen) atoms. The van der Waals surface area contributed by atoms with Gasteiger partial charge in [-0.3, -0.25) is 4.68 Å². The molecule has 0 aliphatic heterocycles. The molecular weight excluding hydrogens is 252 g/mol. The third-order valence-corrected chi connectivity index (χ3v) is 3.36. The number of phenolic OH excluding ortho intramolecular Hbond substituents is 1. The Morgan fingerprint density at radius 1 is 1.39 bits per heavy atom. The van der Waals surface area contributed by atoms with Crippen LogP contribution in [0.25, 0.3) is 11.3 Å². The minimum Gasteiger partial charge on any atom is -0.507 e. The number of nitrogens with zero attached hydrogens (tertiary/aromatic N) is 2. The van der Waals surface area contributed by atoms with Gasteiger partial charge in [-0.25, -0.2) is 4.79 Å². The zero-order chi connectivity index (χ0) is 13.3. The van der Waals surface area contributed by atoms with E-state index in [1.165, 1.54) is 22.5 Å². The quantitative estimate of drug-likeness (QED) is 0.831. The second-order valence-corrected chi connectivity index (χ2v) is 4.58. The summed E-state index contributed by atoms with van der Waals surface area (Å²) in [5, 5.41) is 22.6. The van der Waals surface area contributed by atoms with Gasteiger partial charge in [0.25, 0.3) is 0 Å². The number of carboxylic acids is 1. The minimum absolute atomic E-state index is 0.0130. The highest BCUT2D eigenvalue weighted by Crippen LogP contribution is 2.31. The van der Waals surface area contributed by atoms with Crippen LogP contribution in [0.4, 0.5) is 0 Å². The van der Waals surface area contributed by atoms with Crippen LogP contribution in [0, 0.1) is 0 Å². The number of aromatic hydroxyl groups is 1. The van der Waals surface area contributed by atoms with Crippen molar-refractivity contribution in [3.05, 3.63) is 30.0 Å². The minimum atomic E-state index is -1.07. The molecule has 94 valence electrons. The highest BCUT2D eigenvalue weighted by atomic mass is 32.2. The van der Waals surface area contributed by atoms with Crippen molar-refractivity contribution >= 4 is 17.7 Å². The number of carbonyl (C=O) groups is 1. The van der Waals surface area contributed by atoms with Gasteiger partial charge < -0.3 is 10.2 Å². The van der Waals surface area contributed by atoms with Crippen molar-refractivity contribution in [1.29, 1.82) is 0 Å². The molecule has 0 saturated carbocycles. The van der Waals surface area contributed by atoms with Crippen LogP contribution < -0.4 is 0 Å². The summed E-state index contributed by atoms with van der Waals surface area (Å²) in [6.45, 7) is 0. The average Bonchev–Trinajstić information content (AvgIpc) is 2.71. The summed E-state index contributed by atoms with van der Waals surface area (Å²) in [6.07, 6.45) is 1.88. The Bertz CT molecular complexity index is 607. The van der Waals surface area contributed by atoms with E-state index in [2.05, 4.69) is 5.10 Å². The van der Waals surface area contributed by atoms with Crippen molar-refractivity contribution in [2.24, 2.45) is 7.05 Å². The number of aromatic carboxylic acids is 1. The molecule has 6 heteroatoms. The molecule has 0 spiro atoms. The molecule has 2 rings (SSSR count). The fraction of sp³-hybridized carbons (Fsp3) is 0.167. The monoisotopic (exact) mass is 264 g/mol. The van der Waals surface area contributed by atoms with Gasteiger partial charge in [0.2, 0.25) is 0 Å². The van der Waals surface area contributed by atoms with Crippen LogP contribution in [0.5, 0.6) is 5.75 Å². The molecule has 0 amide bonds. The summed E-state index contributed by atoms with van der Waals surface area (Å²) in [5.41, 5.74) is 1.36. The van der Waals surface area contributed by atoms with Crippen LogP contribution in [-0.4, -0.2) is 32.2 Å². The van der Waals surface area contributed by atoms with E-state index in [0.29, 0.717) is 5.69 Å². The first-order chi connectivity index (χ1) is 8.52. The van der Waals surface area contributed by atoms with Gasteiger partial charge >= 0.3 is 5.97 Å². The summed E-state index contributed by atoms with van der Waals surface area (Å²) in [5.74, 6) is -0.889. The molecule has 0 fully saturated rings. The predicted molar refractivity (Wildman–Crippen MR) is 69.0 cm³/mol. The van der Waals surface area contributed by atoms with Crippen molar-refractivity contribution in [3.63, 3.8) is 0 Å². The Morgan fingerprint density at radius 2 is 2.11 bits per heavy atom. The zero-order valence-electron chi connectivity index (χ0n) is 9.91. The first-order valence-corrected chi connectivity index (χ1v) is 6.40. The van der Waals surface area contributed by atoms with Crippen molar-refractivity contribution in [2.75, 3.05) is 6.26 Å². The lowest BCUT2D eigenvalue weighted by Crippen LogP contribution is -1.99. The highest BCUT2D eigenvalue weighted by Gasteiger charge is 2.13. The van der Waals surface area contributed by atoms with Gasteiger partial charge in [0.1, 0.15) is 5.75 Å². The molecule has 0 aliphatic carbocycles. The second kappa shape index (κ2) is 4.73. The molecule has 1 aromatic carbocycles. The van der Waals surface area contributed by atoms with Crippen molar-refractivity contribution in [2.45, 2.75) is 4.90 Å². The Morgan fingerprint density at radius 3 is 2.61 bits per heavy atom. The first-order valence-electron chi connectivity index (χ1n) is 5.17. The summed E-state index contributed by atoms with van der Waals surface area (Å²) >= 11 is 1.45. The maximum atomic E-state index is 10.8. The SMILES string of the molecule is CSc1ccc(-c2cc(C(=O)O)nn2C)cc1O. The third-order valence-electron chi connectivity index (χ3n) is 2.57. The third kappa shape index (κ3) is 2.19. The Balaban J connectivity index is 2.48. The molecule has 1 aromatic heterocycles. The lowest BCUT2D eigenvalue weighted by molar-refractivity contribution is 0.0689. The van der Waals surface area contributed by atoms with Crippen LogP contribution in [0.2, 0.25) is 0 Å². The Hall–Kier alpha value is -1.95. The smallest absolute Gasteiger partial charge is 0.356 e. The number of aryl methyl sites for hydroxylation is 1. The van der Waals surface area contributed by atoms with Crippen LogP contribution >= 0.6 is 11.8 Å². The fourth-order valence-corrected chi connectivity index (χ4v) is 2.16. The lowest BCUT2D eigenvalue weighted by atomic mass is 10.1. The van der Waals surface area contributed by atoms with E-state index < -0.39 is 5.97 Å². The van der Waals surface area contributed by atoms with Gasteiger partial charge in [-0.15, -0.1) is 11.8 Å². The summed E-state index contributed by atoms with van der Waals surface area (Å²) in [4.78, 5) is 11.6. The highest BCUT2D eigenvalue weighted by molar-refractivity contribution is 7.98. The summed E-state index contributed by atoms with van der Waals surface area (Å²) in [6, 6.07) is 6.71. The molecule has 0 unspecified atom stereocenters. The van der Waals surface area contributed by atoms with E-state index in [-0.39, 0.29) is 11.4 Å². The molecule has 2 N–H and O–H groups in total. The number of benzene rings is 1. The van der Waals surface area contributed by atoms with E-state index in [4.69, 9.17) is 5.11 Å². The number of hydrogen-bond donors (Lipinski definition) is 2. The van der Waals surface area contributed by atoms with Crippen molar-refractivity contribution < 1.29 is 15.0 Å². The number of phenols is 1. The molecular formula is C12H12N2O3S. The Kier molecular flexibility index (Phi) is 3.29. The molecule has 0 saturated heterocycles. The van der Waals surface area contributed by atoms with Crippen LogP contribution in [0.15, 0.2) is 29.2 Å². The van der Waals surface area contributed by atoms with Crippen LogP contribution in [-0.2, 0) is 7.05 Å². The summed E-state index contributed by atoms with van der Waals surface area (Å²) in [7, 11) is 1.67. The van der Waals surface area contributed by atoms with E-state index in [1.54, 1.807) is 19.2 Å². The molecule has 0 bridgehead atoms. The van der Waals surface area contributed by atoms with Gasteiger partial charge in [-0.05, 0) is 24.5 Å². The van der Waals surface area contributed by atoms with Gasteiger partial charge in [0.05, 0.1) is 5.69 Å². The maximum Gasteiger partial charge on any atom is 0.356 e. The maximum absolute atomic E-state index is 10.8. The average molecular weight is 264 g/mol. The summed E-state index contributed by atoms with van der Waals surface area (Å²) < 4.78 is 1.48. The molecule has 5 nitrogen and oxygen atoms in total. The Labute approximate surface area is 108 Å². The molecule has 1 heterocycles.